The molecule has 0 saturated heterocycles. The fourth-order valence-electron chi connectivity index (χ4n) is 2.30. The van der Waals surface area contributed by atoms with Crippen LogP contribution in [0.15, 0.2) is 46.9 Å². The van der Waals surface area contributed by atoms with Crippen LogP contribution in [0, 0.1) is 13.8 Å². The summed E-state index contributed by atoms with van der Waals surface area (Å²) in [6.45, 7) is 3.37. The average Bonchev–Trinajstić information content (AvgIpc) is 2.62. The summed E-state index contributed by atoms with van der Waals surface area (Å²) in [4.78, 5) is 32.9. The first-order valence-electron chi connectivity index (χ1n) is 7.90. The first kappa shape index (κ1) is 18.0. The van der Waals surface area contributed by atoms with E-state index >= 15 is 0 Å². The number of aryl methyl sites for hydroxylation is 2. The van der Waals surface area contributed by atoms with Crippen molar-refractivity contribution in [3.05, 3.63) is 63.9 Å². The number of ether oxygens (including phenoxy) is 1. The van der Waals surface area contributed by atoms with Crippen LogP contribution in [0.5, 0.6) is 0 Å². The number of nitrogens with zero attached hydrogens (tertiary/aromatic N) is 2. The molecule has 2 aromatic carbocycles. The number of rotatable bonds is 4. The van der Waals surface area contributed by atoms with Crippen LogP contribution in [0.25, 0.3) is 11.0 Å². The highest BCUT2D eigenvalue weighted by molar-refractivity contribution is 9.10. The summed E-state index contributed by atoms with van der Waals surface area (Å²) in [5.41, 5.74) is 3.92. The van der Waals surface area contributed by atoms with Gasteiger partial charge in [0.1, 0.15) is 0 Å². The minimum Gasteiger partial charge on any atom is -0.452 e. The summed E-state index contributed by atoms with van der Waals surface area (Å²) >= 11 is 3.32. The smallest absolute Gasteiger partial charge is 0.338 e. The van der Waals surface area contributed by atoms with E-state index in [-0.39, 0.29) is 6.61 Å². The molecule has 0 spiro atoms. The van der Waals surface area contributed by atoms with Crippen LogP contribution in [0.4, 0.5) is 5.69 Å². The van der Waals surface area contributed by atoms with Crippen molar-refractivity contribution in [2.24, 2.45) is 0 Å². The van der Waals surface area contributed by atoms with Crippen molar-refractivity contribution in [1.82, 2.24) is 9.97 Å². The standard InChI is InChI=1S/C19H16BrN3O3/c1-11-12(2)22-17-9-13(3-8-16(17)21-11)19(25)26-10-18(24)23-15-6-4-14(20)5-7-15/h3-9H,10H2,1-2H3,(H,23,24). The molecule has 6 nitrogen and oxygen atoms in total. The van der Waals surface area contributed by atoms with Crippen molar-refractivity contribution in [3.63, 3.8) is 0 Å². The summed E-state index contributed by atoms with van der Waals surface area (Å²) in [5, 5.41) is 2.66. The van der Waals surface area contributed by atoms with Gasteiger partial charge in [-0.05, 0) is 56.3 Å². The van der Waals surface area contributed by atoms with Gasteiger partial charge in [0.2, 0.25) is 0 Å². The molecule has 7 heteroatoms. The van der Waals surface area contributed by atoms with Crippen molar-refractivity contribution in [3.8, 4) is 0 Å². The number of carbonyl (C=O) groups is 2. The molecule has 3 rings (SSSR count). The van der Waals surface area contributed by atoms with E-state index in [9.17, 15) is 9.59 Å². The quantitative estimate of drug-likeness (QED) is 0.657. The number of hydrogen-bond donors (Lipinski definition) is 1. The second-order valence-corrected chi connectivity index (χ2v) is 6.64. The largest absolute Gasteiger partial charge is 0.452 e. The molecule has 0 unspecified atom stereocenters. The highest BCUT2D eigenvalue weighted by Gasteiger charge is 2.12. The van der Waals surface area contributed by atoms with E-state index in [0.717, 1.165) is 15.9 Å². The van der Waals surface area contributed by atoms with Gasteiger partial charge in [0.25, 0.3) is 5.91 Å². The second kappa shape index (κ2) is 7.61. The van der Waals surface area contributed by atoms with E-state index in [0.29, 0.717) is 22.3 Å². The number of amides is 1. The van der Waals surface area contributed by atoms with Crippen LogP contribution < -0.4 is 5.32 Å². The normalized spacial score (nSPS) is 10.6. The lowest BCUT2D eigenvalue weighted by molar-refractivity contribution is -0.119. The maximum absolute atomic E-state index is 12.2. The van der Waals surface area contributed by atoms with Gasteiger partial charge >= 0.3 is 5.97 Å². The molecule has 1 heterocycles. The maximum Gasteiger partial charge on any atom is 0.338 e. The summed E-state index contributed by atoms with van der Waals surface area (Å²) in [6, 6.07) is 12.0. The van der Waals surface area contributed by atoms with Gasteiger partial charge in [-0.25, -0.2) is 14.8 Å². The molecular weight excluding hydrogens is 398 g/mol. The molecule has 0 aliphatic heterocycles. The molecule has 0 saturated carbocycles. The highest BCUT2D eigenvalue weighted by Crippen LogP contribution is 2.16. The summed E-state index contributed by atoms with van der Waals surface area (Å²) in [7, 11) is 0. The topological polar surface area (TPSA) is 81.2 Å². The van der Waals surface area contributed by atoms with Crippen LogP contribution in [-0.4, -0.2) is 28.5 Å². The van der Waals surface area contributed by atoms with Crippen LogP contribution >= 0.6 is 15.9 Å². The Hall–Kier alpha value is -2.80. The van der Waals surface area contributed by atoms with E-state index in [2.05, 4.69) is 31.2 Å². The first-order valence-corrected chi connectivity index (χ1v) is 8.69. The Morgan fingerprint density at radius 1 is 1.00 bits per heavy atom. The number of esters is 1. The molecule has 1 aromatic heterocycles. The molecular formula is C19H16BrN3O3. The summed E-state index contributed by atoms with van der Waals surface area (Å²) in [6.07, 6.45) is 0. The third-order valence-corrected chi connectivity index (χ3v) is 4.30. The molecule has 0 aliphatic rings. The van der Waals surface area contributed by atoms with Crippen molar-refractivity contribution < 1.29 is 14.3 Å². The lowest BCUT2D eigenvalue weighted by Crippen LogP contribution is -2.20. The predicted molar refractivity (Wildman–Crippen MR) is 102 cm³/mol. The molecule has 0 radical (unpaired) electrons. The Balaban J connectivity index is 1.64. The molecule has 1 amide bonds. The van der Waals surface area contributed by atoms with Crippen molar-refractivity contribution in [2.75, 3.05) is 11.9 Å². The van der Waals surface area contributed by atoms with Gasteiger partial charge in [-0.15, -0.1) is 0 Å². The van der Waals surface area contributed by atoms with Crippen molar-refractivity contribution >= 4 is 44.5 Å². The lowest BCUT2D eigenvalue weighted by Gasteiger charge is -2.08. The molecule has 26 heavy (non-hydrogen) atoms. The van der Waals surface area contributed by atoms with Crippen LogP contribution in [0.1, 0.15) is 21.7 Å². The first-order chi connectivity index (χ1) is 12.4. The monoisotopic (exact) mass is 413 g/mol. The molecule has 0 aliphatic carbocycles. The molecule has 0 atom stereocenters. The molecule has 0 bridgehead atoms. The molecule has 1 N–H and O–H groups in total. The number of benzene rings is 2. The van der Waals surface area contributed by atoms with Crippen LogP contribution in [-0.2, 0) is 9.53 Å². The van der Waals surface area contributed by atoms with E-state index in [4.69, 9.17) is 4.74 Å². The lowest BCUT2D eigenvalue weighted by atomic mass is 10.2. The van der Waals surface area contributed by atoms with E-state index in [1.807, 2.05) is 13.8 Å². The third kappa shape index (κ3) is 4.23. The molecule has 0 fully saturated rings. The molecule has 3 aromatic rings. The van der Waals surface area contributed by atoms with E-state index < -0.39 is 11.9 Å². The Labute approximate surface area is 158 Å². The van der Waals surface area contributed by atoms with Gasteiger partial charge in [0, 0.05) is 10.2 Å². The second-order valence-electron chi connectivity index (χ2n) is 5.73. The Morgan fingerprint density at radius 2 is 1.65 bits per heavy atom. The fourth-order valence-corrected chi connectivity index (χ4v) is 2.57. The van der Waals surface area contributed by atoms with Gasteiger partial charge < -0.3 is 10.1 Å². The highest BCUT2D eigenvalue weighted by atomic mass is 79.9. The number of hydrogen-bond acceptors (Lipinski definition) is 5. The van der Waals surface area contributed by atoms with Crippen molar-refractivity contribution in [2.45, 2.75) is 13.8 Å². The van der Waals surface area contributed by atoms with Crippen LogP contribution in [0.3, 0.4) is 0 Å². The minimum absolute atomic E-state index is 0.325. The zero-order valence-corrected chi connectivity index (χ0v) is 15.8. The third-order valence-electron chi connectivity index (χ3n) is 3.77. The number of carbonyl (C=O) groups excluding carboxylic acids is 2. The fraction of sp³-hybridized carbons (Fsp3) is 0.158. The van der Waals surface area contributed by atoms with Gasteiger partial charge in [-0.1, -0.05) is 15.9 Å². The molecule has 132 valence electrons. The zero-order valence-electron chi connectivity index (χ0n) is 14.2. The minimum atomic E-state index is -0.585. The summed E-state index contributed by atoms with van der Waals surface area (Å²) < 4.78 is 5.99. The van der Waals surface area contributed by atoms with Crippen LogP contribution in [0.2, 0.25) is 0 Å². The average molecular weight is 414 g/mol. The van der Waals surface area contributed by atoms with Gasteiger partial charge in [0.15, 0.2) is 6.61 Å². The Bertz CT molecular complexity index is 987. The Morgan fingerprint density at radius 3 is 2.35 bits per heavy atom. The van der Waals surface area contributed by atoms with Gasteiger partial charge in [-0.2, -0.15) is 0 Å². The number of anilines is 1. The number of halogens is 1. The van der Waals surface area contributed by atoms with Gasteiger partial charge in [0.05, 0.1) is 28.0 Å². The number of aromatic nitrogens is 2. The Kier molecular flexibility index (Phi) is 5.27. The zero-order chi connectivity index (χ0) is 18.7. The summed E-state index contributed by atoms with van der Waals surface area (Å²) in [5.74, 6) is -0.995. The SMILES string of the molecule is Cc1nc2ccc(C(=O)OCC(=O)Nc3ccc(Br)cc3)cc2nc1C. The number of fused-ring (bicyclic) bond motifs is 1. The van der Waals surface area contributed by atoms with Crippen molar-refractivity contribution in [1.29, 1.82) is 0 Å². The van der Waals surface area contributed by atoms with E-state index in [1.54, 1.807) is 42.5 Å². The maximum atomic E-state index is 12.2. The predicted octanol–water partition coefficient (Wildman–Crippen LogP) is 3.80. The van der Waals surface area contributed by atoms with Gasteiger partial charge in [-0.3, -0.25) is 4.79 Å². The number of nitrogens with one attached hydrogen (secondary N) is 1. The van der Waals surface area contributed by atoms with E-state index in [1.165, 1.54) is 0 Å².